The molecule has 2 N–H and O–H groups in total. The molecule has 0 saturated carbocycles. The van der Waals surface area contributed by atoms with E-state index >= 15 is 0 Å². The summed E-state index contributed by atoms with van der Waals surface area (Å²) in [5.41, 5.74) is -0.251. The first-order chi connectivity index (χ1) is 9.24. The number of nitrogens with one attached hydrogen (secondary N) is 2. The molecule has 1 amide bonds. The topological polar surface area (TPSA) is 41.1 Å². The Morgan fingerprint density at radius 1 is 1.35 bits per heavy atom. The van der Waals surface area contributed by atoms with E-state index in [1.807, 2.05) is 13.8 Å². The molecule has 0 aliphatic rings. The summed E-state index contributed by atoms with van der Waals surface area (Å²) in [6.45, 7) is 5.16. The number of carbonyl (C=O) groups excluding carboxylic acids is 1. The van der Waals surface area contributed by atoms with Gasteiger partial charge in [0.15, 0.2) is 0 Å². The minimum Gasteiger partial charge on any atom is -0.376 e. The number of hydrogen-bond donors (Lipinski definition) is 2. The Morgan fingerprint density at radius 3 is 2.55 bits per heavy atom. The third-order valence-electron chi connectivity index (χ3n) is 3.02. The molecule has 1 aromatic rings. The molecular formula is C14H19F3N2O. The van der Waals surface area contributed by atoms with Gasteiger partial charge in [0.1, 0.15) is 0 Å². The summed E-state index contributed by atoms with van der Waals surface area (Å²) in [6.07, 6.45) is -3.59. The van der Waals surface area contributed by atoms with Gasteiger partial charge in [-0.1, -0.05) is 13.0 Å². The second kappa shape index (κ2) is 6.63. The van der Waals surface area contributed by atoms with Crippen LogP contribution in [0, 0.1) is 6.92 Å². The van der Waals surface area contributed by atoms with Crippen LogP contribution in [-0.4, -0.2) is 18.5 Å². The maximum atomic E-state index is 12.7. The number of amides is 1. The highest BCUT2D eigenvalue weighted by Gasteiger charge is 2.32. The zero-order chi connectivity index (χ0) is 15.3. The maximum Gasteiger partial charge on any atom is 0.416 e. The lowest BCUT2D eigenvalue weighted by Gasteiger charge is -2.14. The van der Waals surface area contributed by atoms with Crippen LogP contribution in [0.1, 0.15) is 31.4 Å². The SMILES string of the molecule is CCC(C)NC(=O)CNc1ccc(C)c(C(F)(F)F)c1. The molecule has 0 saturated heterocycles. The average Bonchev–Trinajstić information content (AvgIpc) is 2.36. The first-order valence-corrected chi connectivity index (χ1v) is 6.45. The highest BCUT2D eigenvalue weighted by atomic mass is 19.4. The number of carbonyl (C=O) groups is 1. The highest BCUT2D eigenvalue weighted by molar-refractivity contribution is 5.81. The van der Waals surface area contributed by atoms with E-state index in [-0.39, 0.29) is 29.7 Å². The van der Waals surface area contributed by atoms with Gasteiger partial charge < -0.3 is 10.6 Å². The van der Waals surface area contributed by atoms with Crippen LogP contribution in [0.2, 0.25) is 0 Å². The van der Waals surface area contributed by atoms with Crippen LogP contribution in [0.25, 0.3) is 0 Å². The Kier molecular flexibility index (Phi) is 5.42. The molecule has 0 radical (unpaired) electrons. The van der Waals surface area contributed by atoms with Crippen molar-refractivity contribution in [3.05, 3.63) is 29.3 Å². The third kappa shape index (κ3) is 4.75. The Morgan fingerprint density at radius 2 is 2.00 bits per heavy atom. The predicted molar refractivity (Wildman–Crippen MR) is 72.6 cm³/mol. The van der Waals surface area contributed by atoms with Crippen LogP contribution in [0.4, 0.5) is 18.9 Å². The van der Waals surface area contributed by atoms with Gasteiger partial charge in [0.2, 0.25) is 5.91 Å². The van der Waals surface area contributed by atoms with Gasteiger partial charge >= 0.3 is 6.18 Å². The van der Waals surface area contributed by atoms with Crippen molar-refractivity contribution in [2.45, 2.75) is 39.4 Å². The van der Waals surface area contributed by atoms with Gasteiger partial charge in [0.25, 0.3) is 0 Å². The van der Waals surface area contributed by atoms with Gasteiger partial charge in [-0.25, -0.2) is 0 Å². The van der Waals surface area contributed by atoms with E-state index in [4.69, 9.17) is 0 Å². The smallest absolute Gasteiger partial charge is 0.376 e. The monoisotopic (exact) mass is 288 g/mol. The number of alkyl halides is 3. The molecule has 0 heterocycles. The number of halogens is 3. The van der Waals surface area contributed by atoms with Gasteiger partial charge in [-0.15, -0.1) is 0 Å². The number of hydrogen-bond acceptors (Lipinski definition) is 2. The normalized spacial score (nSPS) is 12.9. The van der Waals surface area contributed by atoms with Crippen LogP contribution in [-0.2, 0) is 11.0 Å². The van der Waals surface area contributed by atoms with Crippen molar-refractivity contribution in [2.24, 2.45) is 0 Å². The van der Waals surface area contributed by atoms with Crippen molar-refractivity contribution in [1.29, 1.82) is 0 Å². The van der Waals surface area contributed by atoms with Gasteiger partial charge in [-0.2, -0.15) is 13.2 Å². The van der Waals surface area contributed by atoms with Crippen LogP contribution < -0.4 is 10.6 Å². The lowest BCUT2D eigenvalue weighted by atomic mass is 10.1. The molecule has 0 aliphatic heterocycles. The lowest BCUT2D eigenvalue weighted by molar-refractivity contribution is -0.138. The second-order valence-electron chi connectivity index (χ2n) is 4.76. The van der Waals surface area contributed by atoms with E-state index in [0.29, 0.717) is 0 Å². The minimum atomic E-state index is -4.39. The Balaban J connectivity index is 2.68. The molecule has 0 bridgehead atoms. The molecular weight excluding hydrogens is 269 g/mol. The Hall–Kier alpha value is -1.72. The van der Waals surface area contributed by atoms with E-state index < -0.39 is 11.7 Å². The highest BCUT2D eigenvalue weighted by Crippen LogP contribution is 2.33. The maximum absolute atomic E-state index is 12.7. The molecule has 0 aromatic heterocycles. The molecule has 6 heteroatoms. The van der Waals surface area contributed by atoms with E-state index in [9.17, 15) is 18.0 Å². The number of aryl methyl sites for hydroxylation is 1. The van der Waals surface area contributed by atoms with Crippen LogP contribution in [0.15, 0.2) is 18.2 Å². The zero-order valence-corrected chi connectivity index (χ0v) is 11.8. The van der Waals surface area contributed by atoms with Crippen molar-refractivity contribution >= 4 is 11.6 Å². The third-order valence-corrected chi connectivity index (χ3v) is 3.02. The quantitative estimate of drug-likeness (QED) is 0.872. The number of anilines is 1. The molecule has 0 fully saturated rings. The predicted octanol–water partition coefficient (Wildman–Crippen LogP) is 3.34. The van der Waals surface area contributed by atoms with Crippen molar-refractivity contribution < 1.29 is 18.0 Å². The van der Waals surface area contributed by atoms with E-state index in [1.165, 1.54) is 19.1 Å². The van der Waals surface area contributed by atoms with Crippen molar-refractivity contribution in [2.75, 3.05) is 11.9 Å². The standard InChI is InChI=1S/C14H19F3N2O/c1-4-10(3)19-13(20)8-18-11-6-5-9(2)12(7-11)14(15,16)17/h5-7,10,18H,4,8H2,1-3H3,(H,19,20). The van der Waals surface area contributed by atoms with E-state index in [1.54, 1.807) is 0 Å². The molecule has 1 atom stereocenters. The Bertz CT molecular complexity index is 472. The van der Waals surface area contributed by atoms with E-state index in [2.05, 4.69) is 10.6 Å². The molecule has 3 nitrogen and oxygen atoms in total. The van der Waals surface area contributed by atoms with Gasteiger partial charge in [-0.05, 0) is 38.0 Å². The molecule has 112 valence electrons. The molecule has 1 rings (SSSR count). The van der Waals surface area contributed by atoms with Gasteiger partial charge in [-0.3, -0.25) is 4.79 Å². The summed E-state index contributed by atoms with van der Waals surface area (Å²) < 4.78 is 38.2. The Labute approximate surface area is 116 Å². The average molecular weight is 288 g/mol. The summed E-state index contributed by atoms with van der Waals surface area (Å²) in [4.78, 5) is 11.5. The fraction of sp³-hybridized carbons (Fsp3) is 0.500. The molecule has 1 aromatic carbocycles. The van der Waals surface area contributed by atoms with Crippen LogP contribution >= 0.6 is 0 Å². The molecule has 20 heavy (non-hydrogen) atoms. The van der Waals surface area contributed by atoms with Gasteiger partial charge in [0.05, 0.1) is 12.1 Å². The van der Waals surface area contributed by atoms with Crippen molar-refractivity contribution in [1.82, 2.24) is 5.32 Å². The molecule has 1 unspecified atom stereocenters. The number of benzene rings is 1. The summed E-state index contributed by atoms with van der Waals surface area (Å²) in [6, 6.07) is 3.98. The molecule has 0 spiro atoms. The minimum absolute atomic E-state index is 0.0491. The van der Waals surface area contributed by atoms with Gasteiger partial charge in [0, 0.05) is 11.7 Å². The largest absolute Gasteiger partial charge is 0.416 e. The zero-order valence-electron chi connectivity index (χ0n) is 11.8. The summed E-state index contributed by atoms with van der Waals surface area (Å²) in [5.74, 6) is -0.242. The van der Waals surface area contributed by atoms with Crippen molar-refractivity contribution in [3.8, 4) is 0 Å². The summed E-state index contributed by atoms with van der Waals surface area (Å²) in [5, 5.41) is 5.43. The second-order valence-corrected chi connectivity index (χ2v) is 4.76. The van der Waals surface area contributed by atoms with Crippen molar-refractivity contribution in [3.63, 3.8) is 0 Å². The summed E-state index contributed by atoms with van der Waals surface area (Å²) >= 11 is 0. The van der Waals surface area contributed by atoms with Crippen LogP contribution in [0.5, 0.6) is 0 Å². The fourth-order valence-electron chi connectivity index (χ4n) is 1.65. The van der Waals surface area contributed by atoms with Crippen LogP contribution in [0.3, 0.4) is 0 Å². The van der Waals surface area contributed by atoms with E-state index in [0.717, 1.165) is 12.5 Å². The fourth-order valence-corrected chi connectivity index (χ4v) is 1.65. The number of rotatable bonds is 5. The first-order valence-electron chi connectivity index (χ1n) is 6.45. The lowest BCUT2D eigenvalue weighted by Crippen LogP contribution is -2.36. The molecule has 0 aliphatic carbocycles. The summed E-state index contributed by atoms with van der Waals surface area (Å²) in [7, 11) is 0. The first kappa shape index (κ1) is 16.3.